The summed E-state index contributed by atoms with van der Waals surface area (Å²) in [6, 6.07) is 3.43. The van der Waals surface area contributed by atoms with Gasteiger partial charge in [-0.15, -0.1) is 10.2 Å². The second-order valence-corrected chi connectivity index (χ2v) is 4.97. The third kappa shape index (κ3) is 2.64. The highest BCUT2D eigenvalue weighted by molar-refractivity contribution is 7.08. The normalized spacial score (nSPS) is 10.8. The van der Waals surface area contributed by atoms with E-state index in [4.69, 9.17) is 0 Å². The van der Waals surface area contributed by atoms with E-state index in [2.05, 4.69) is 25.4 Å². The number of H-pyrrole nitrogens is 1. The van der Waals surface area contributed by atoms with Crippen LogP contribution in [0.15, 0.2) is 27.7 Å². The second kappa shape index (κ2) is 5.33. The molecule has 0 unspecified atom stereocenters. The molecule has 3 aromatic rings. The molecule has 7 nitrogen and oxygen atoms in total. The number of aromatic amines is 1. The van der Waals surface area contributed by atoms with Crippen molar-refractivity contribution in [3.05, 3.63) is 44.8 Å². The molecule has 0 aliphatic carbocycles. The van der Waals surface area contributed by atoms with Gasteiger partial charge in [-0.2, -0.15) is 16.1 Å². The summed E-state index contributed by atoms with van der Waals surface area (Å²) < 4.78 is 0. The molecule has 0 saturated heterocycles. The summed E-state index contributed by atoms with van der Waals surface area (Å²) in [4.78, 5) is 19.9. The van der Waals surface area contributed by atoms with Crippen LogP contribution >= 0.6 is 11.3 Å². The highest BCUT2D eigenvalue weighted by Crippen LogP contribution is 2.16. The van der Waals surface area contributed by atoms with Crippen LogP contribution in [0.5, 0.6) is 0 Å². The molecule has 0 bridgehead atoms. The van der Waals surface area contributed by atoms with Crippen molar-refractivity contribution < 1.29 is 0 Å². The molecule has 20 heavy (non-hydrogen) atoms. The van der Waals surface area contributed by atoms with Gasteiger partial charge in [0.2, 0.25) is 5.82 Å². The number of hydrogen-bond donors (Lipinski definition) is 1. The molecule has 8 heteroatoms. The van der Waals surface area contributed by atoms with Gasteiger partial charge in [0.05, 0.1) is 0 Å². The molecule has 0 aliphatic heterocycles. The fourth-order valence-corrected chi connectivity index (χ4v) is 2.40. The predicted octanol–water partition coefficient (Wildman–Crippen LogP) is 1.10. The fourth-order valence-electron chi connectivity index (χ4n) is 1.77. The molecule has 0 fully saturated rings. The molecule has 3 aromatic heterocycles. The van der Waals surface area contributed by atoms with Crippen molar-refractivity contribution in [1.29, 1.82) is 0 Å². The number of aromatic nitrogens is 6. The van der Waals surface area contributed by atoms with Crippen molar-refractivity contribution >= 4 is 11.3 Å². The monoisotopic (exact) mass is 288 g/mol. The van der Waals surface area contributed by atoms with Crippen LogP contribution in [0.4, 0.5) is 0 Å². The van der Waals surface area contributed by atoms with Crippen LogP contribution < -0.4 is 5.56 Å². The van der Waals surface area contributed by atoms with E-state index in [1.165, 1.54) is 10.9 Å². The Bertz CT molecular complexity index is 760. The maximum Gasteiger partial charge on any atom is 0.251 e. The number of nitrogens with one attached hydrogen (secondary N) is 1. The third-order valence-corrected chi connectivity index (χ3v) is 3.41. The second-order valence-electron chi connectivity index (χ2n) is 4.19. The lowest BCUT2D eigenvalue weighted by Gasteiger charge is -2.01. The quantitative estimate of drug-likeness (QED) is 0.776. The summed E-state index contributed by atoms with van der Waals surface area (Å²) >= 11 is 1.58. The lowest BCUT2D eigenvalue weighted by Crippen LogP contribution is -2.16. The first-order chi connectivity index (χ1) is 9.74. The zero-order chi connectivity index (χ0) is 13.9. The molecule has 3 heterocycles. The van der Waals surface area contributed by atoms with E-state index in [-0.39, 0.29) is 5.56 Å². The molecule has 3 rings (SSSR count). The molecule has 0 amide bonds. The van der Waals surface area contributed by atoms with Gasteiger partial charge in [-0.25, -0.2) is 4.98 Å². The predicted molar refractivity (Wildman–Crippen MR) is 74.5 cm³/mol. The van der Waals surface area contributed by atoms with Crippen molar-refractivity contribution in [2.45, 2.75) is 19.9 Å². The first-order valence-corrected chi connectivity index (χ1v) is 7.08. The Hall–Kier alpha value is -2.35. The molecule has 1 N–H and O–H groups in total. The Balaban J connectivity index is 1.85. The summed E-state index contributed by atoms with van der Waals surface area (Å²) in [7, 11) is 0. The summed E-state index contributed by atoms with van der Waals surface area (Å²) in [6.45, 7) is 2.24. The number of rotatable bonds is 4. The Morgan fingerprint density at radius 1 is 1.45 bits per heavy atom. The number of nitrogens with zero attached hydrogens (tertiary/aromatic N) is 5. The molecule has 0 aliphatic rings. The number of aryl methyl sites for hydroxylation is 1. The third-order valence-electron chi connectivity index (χ3n) is 2.73. The average Bonchev–Trinajstić information content (AvgIpc) is 3.08. The molecular formula is C12H12N6OS. The SMILES string of the molecule is CCc1cc(=O)[nH]c(Cn2nnc(-c3ccsc3)n2)n1. The van der Waals surface area contributed by atoms with Gasteiger partial charge in [0.25, 0.3) is 5.56 Å². The average molecular weight is 288 g/mol. The Kier molecular flexibility index (Phi) is 3.38. The standard InChI is InChI=1S/C12H12N6OS/c1-2-9-5-11(19)14-10(13-9)6-18-16-12(15-17-18)8-3-4-20-7-8/h3-5,7H,2,6H2,1H3,(H,13,14,19). The van der Waals surface area contributed by atoms with E-state index in [1.807, 2.05) is 23.8 Å². The summed E-state index contributed by atoms with van der Waals surface area (Å²) in [5, 5.41) is 16.1. The van der Waals surface area contributed by atoms with Crippen LogP contribution in [0, 0.1) is 0 Å². The van der Waals surface area contributed by atoms with Crippen LogP contribution in [0.3, 0.4) is 0 Å². The smallest absolute Gasteiger partial charge is 0.251 e. The summed E-state index contributed by atoms with van der Waals surface area (Å²) in [5.74, 6) is 1.10. The van der Waals surface area contributed by atoms with Gasteiger partial charge in [0, 0.05) is 22.7 Å². The van der Waals surface area contributed by atoms with Crippen LogP contribution in [0.1, 0.15) is 18.4 Å². The van der Waals surface area contributed by atoms with Crippen LogP contribution in [-0.2, 0) is 13.0 Å². The van der Waals surface area contributed by atoms with E-state index in [0.29, 0.717) is 24.6 Å². The van der Waals surface area contributed by atoms with E-state index >= 15 is 0 Å². The van der Waals surface area contributed by atoms with Crippen molar-refractivity contribution in [3.63, 3.8) is 0 Å². The van der Waals surface area contributed by atoms with E-state index in [9.17, 15) is 4.79 Å². The minimum Gasteiger partial charge on any atom is -0.309 e. The molecule has 0 atom stereocenters. The van der Waals surface area contributed by atoms with Gasteiger partial charge in [0.15, 0.2) is 0 Å². The van der Waals surface area contributed by atoms with Gasteiger partial charge < -0.3 is 4.98 Å². The van der Waals surface area contributed by atoms with Gasteiger partial charge in [-0.1, -0.05) is 6.92 Å². The largest absolute Gasteiger partial charge is 0.309 e. The Labute approximate surface area is 118 Å². The Morgan fingerprint density at radius 3 is 3.10 bits per heavy atom. The van der Waals surface area contributed by atoms with Crippen LogP contribution in [0.25, 0.3) is 11.4 Å². The van der Waals surface area contributed by atoms with Gasteiger partial charge in [0.1, 0.15) is 12.4 Å². The molecule has 0 aromatic carbocycles. The summed E-state index contributed by atoms with van der Waals surface area (Å²) in [6.07, 6.45) is 0.710. The zero-order valence-electron chi connectivity index (χ0n) is 10.8. The van der Waals surface area contributed by atoms with Crippen LogP contribution in [-0.4, -0.2) is 30.2 Å². The highest BCUT2D eigenvalue weighted by atomic mass is 32.1. The molecule has 0 saturated carbocycles. The highest BCUT2D eigenvalue weighted by Gasteiger charge is 2.08. The minimum atomic E-state index is -0.162. The molecular weight excluding hydrogens is 276 g/mol. The van der Waals surface area contributed by atoms with E-state index in [1.54, 1.807) is 11.3 Å². The van der Waals surface area contributed by atoms with Crippen LogP contribution in [0.2, 0.25) is 0 Å². The maximum absolute atomic E-state index is 11.5. The van der Waals surface area contributed by atoms with E-state index in [0.717, 1.165) is 11.3 Å². The van der Waals surface area contributed by atoms with Gasteiger partial charge >= 0.3 is 0 Å². The zero-order valence-corrected chi connectivity index (χ0v) is 11.6. The minimum absolute atomic E-state index is 0.162. The van der Waals surface area contributed by atoms with Crippen molar-refractivity contribution in [2.75, 3.05) is 0 Å². The Morgan fingerprint density at radius 2 is 2.35 bits per heavy atom. The summed E-state index contributed by atoms with van der Waals surface area (Å²) in [5.41, 5.74) is 1.52. The van der Waals surface area contributed by atoms with Gasteiger partial charge in [-0.3, -0.25) is 4.79 Å². The maximum atomic E-state index is 11.5. The number of tetrazole rings is 1. The van der Waals surface area contributed by atoms with Crippen molar-refractivity contribution in [2.24, 2.45) is 0 Å². The first kappa shape index (κ1) is 12.7. The lowest BCUT2D eigenvalue weighted by atomic mass is 10.3. The number of hydrogen-bond acceptors (Lipinski definition) is 6. The van der Waals surface area contributed by atoms with Gasteiger partial charge in [-0.05, 0) is 23.1 Å². The lowest BCUT2D eigenvalue weighted by molar-refractivity contribution is 0.551. The number of thiophene rings is 1. The van der Waals surface area contributed by atoms with E-state index < -0.39 is 0 Å². The first-order valence-electron chi connectivity index (χ1n) is 6.14. The molecule has 0 spiro atoms. The van der Waals surface area contributed by atoms with Crippen molar-refractivity contribution in [1.82, 2.24) is 30.2 Å². The topological polar surface area (TPSA) is 89.4 Å². The van der Waals surface area contributed by atoms with Crippen molar-refractivity contribution in [3.8, 4) is 11.4 Å². The molecule has 102 valence electrons. The fraction of sp³-hybridized carbons (Fsp3) is 0.250. The molecule has 0 radical (unpaired) electrons.